The fourth-order valence-corrected chi connectivity index (χ4v) is 10.3. The molecule has 4 saturated carbocycles. The van der Waals surface area contributed by atoms with Crippen LogP contribution in [0.5, 0.6) is 0 Å². The molecule has 5 aliphatic carbocycles. The van der Waals surface area contributed by atoms with Gasteiger partial charge in [0.05, 0.1) is 11.5 Å². The number of Topliss-reactive ketones (excluding diaryl/α,β-unsaturated/α-hetero) is 1. The van der Waals surface area contributed by atoms with E-state index in [0.717, 1.165) is 51.4 Å². The number of aliphatic hydroxyl groups is 1. The SMILES string of the molecule is CC1(C)CC[C@]2(C(=O)O)CC[C@]3(C)C(=CC[C@@H]4[C@@]5(C)C(=O)C[C@H](O)C(C)(C)[C@H]5CC[C@]43C)[C@@H]2C1. The molecule has 0 saturated heterocycles. The van der Waals surface area contributed by atoms with Crippen LogP contribution in [-0.4, -0.2) is 28.1 Å². The molecule has 5 rings (SSSR count). The van der Waals surface area contributed by atoms with Crippen LogP contribution >= 0.6 is 0 Å². The lowest BCUT2D eigenvalue weighted by Crippen LogP contribution is -2.67. The van der Waals surface area contributed by atoms with Gasteiger partial charge in [-0.3, -0.25) is 9.59 Å². The molecule has 0 unspecified atom stereocenters. The molecule has 5 aliphatic rings. The van der Waals surface area contributed by atoms with Crippen molar-refractivity contribution in [2.75, 3.05) is 0 Å². The zero-order valence-corrected chi connectivity index (χ0v) is 22.5. The van der Waals surface area contributed by atoms with Gasteiger partial charge in [-0.25, -0.2) is 0 Å². The summed E-state index contributed by atoms with van der Waals surface area (Å²) in [4.78, 5) is 26.5. The van der Waals surface area contributed by atoms with Crippen LogP contribution in [0.1, 0.15) is 106 Å². The van der Waals surface area contributed by atoms with Gasteiger partial charge in [0, 0.05) is 11.8 Å². The molecule has 8 atom stereocenters. The molecule has 4 heteroatoms. The molecule has 0 aromatic carbocycles. The van der Waals surface area contributed by atoms with E-state index in [2.05, 4.69) is 54.5 Å². The Morgan fingerprint density at radius 1 is 0.941 bits per heavy atom. The van der Waals surface area contributed by atoms with Gasteiger partial charge in [0.1, 0.15) is 5.78 Å². The average molecular weight is 471 g/mol. The summed E-state index contributed by atoms with van der Waals surface area (Å²) in [5.74, 6) is 0.160. The molecule has 4 nitrogen and oxygen atoms in total. The Hall–Kier alpha value is -1.16. The van der Waals surface area contributed by atoms with E-state index in [1.54, 1.807) is 0 Å². The van der Waals surface area contributed by atoms with E-state index in [9.17, 15) is 19.8 Å². The van der Waals surface area contributed by atoms with Crippen molar-refractivity contribution in [3.63, 3.8) is 0 Å². The Labute approximate surface area is 206 Å². The third kappa shape index (κ3) is 2.75. The van der Waals surface area contributed by atoms with Crippen LogP contribution in [0, 0.1) is 50.2 Å². The number of rotatable bonds is 1. The minimum atomic E-state index is -0.627. The molecule has 4 fully saturated rings. The summed E-state index contributed by atoms with van der Waals surface area (Å²) in [5.41, 5.74) is 0.101. The third-order valence-corrected chi connectivity index (χ3v) is 12.9. The number of carboxylic acid groups (broad SMARTS) is 1. The van der Waals surface area contributed by atoms with Crippen molar-refractivity contribution in [3.05, 3.63) is 11.6 Å². The van der Waals surface area contributed by atoms with Gasteiger partial charge in [0.15, 0.2) is 0 Å². The number of aliphatic hydroxyl groups excluding tert-OH is 1. The Morgan fingerprint density at radius 3 is 2.24 bits per heavy atom. The smallest absolute Gasteiger partial charge is 0.310 e. The van der Waals surface area contributed by atoms with Crippen LogP contribution in [0.15, 0.2) is 11.6 Å². The number of fused-ring (bicyclic) bond motifs is 7. The molecule has 34 heavy (non-hydrogen) atoms. The fraction of sp³-hybridized carbons (Fsp3) is 0.867. The monoisotopic (exact) mass is 470 g/mol. The lowest BCUT2D eigenvalue weighted by Gasteiger charge is -2.70. The number of carbonyl (C=O) groups is 2. The molecule has 0 heterocycles. The maximum absolute atomic E-state index is 13.7. The van der Waals surface area contributed by atoms with Crippen molar-refractivity contribution in [1.29, 1.82) is 0 Å². The second kappa shape index (κ2) is 6.99. The van der Waals surface area contributed by atoms with Crippen LogP contribution in [0.2, 0.25) is 0 Å². The molecule has 0 amide bonds. The number of carboxylic acids is 1. The Bertz CT molecular complexity index is 961. The van der Waals surface area contributed by atoms with Crippen LogP contribution in [0.25, 0.3) is 0 Å². The summed E-state index contributed by atoms with van der Waals surface area (Å²) >= 11 is 0. The molecule has 0 aromatic heterocycles. The van der Waals surface area contributed by atoms with Gasteiger partial charge in [-0.2, -0.15) is 0 Å². The Kier molecular flexibility index (Phi) is 5.04. The van der Waals surface area contributed by atoms with Gasteiger partial charge in [0.2, 0.25) is 0 Å². The molecule has 0 radical (unpaired) electrons. The van der Waals surface area contributed by atoms with E-state index < -0.39 is 22.9 Å². The Balaban J connectivity index is 1.63. The molecular weight excluding hydrogens is 424 g/mol. The molecule has 0 aliphatic heterocycles. The molecule has 190 valence electrons. The molecule has 0 aromatic rings. The summed E-state index contributed by atoms with van der Waals surface area (Å²) in [7, 11) is 0. The number of hydrogen-bond donors (Lipinski definition) is 2. The van der Waals surface area contributed by atoms with Gasteiger partial charge in [-0.05, 0) is 90.8 Å². The molecule has 0 spiro atoms. The van der Waals surface area contributed by atoms with Crippen molar-refractivity contribution in [3.8, 4) is 0 Å². The van der Waals surface area contributed by atoms with Crippen molar-refractivity contribution in [1.82, 2.24) is 0 Å². The number of hydrogen-bond acceptors (Lipinski definition) is 3. The first-order valence-electron chi connectivity index (χ1n) is 13.7. The first-order valence-corrected chi connectivity index (χ1v) is 13.7. The summed E-state index contributed by atoms with van der Waals surface area (Å²) in [6, 6.07) is 0. The topological polar surface area (TPSA) is 74.6 Å². The van der Waals surface area contributed by atoms with Crippen LogP contribution < -0.4 is 0 Å². The summed E-state index contributed by atoms with van der Waals surface area (Å²) < 4.78 is 0. The van der Waals surface area contributed by atoms with Crippen molar-refractivity contribution < 1.29 is 19.8 Å². The molecular formula is C30H46O4. The van der Waals surface area contributed by atoms with Gasteiger partial charge in [-0.1, -0.05) is 60.1 Å². The van der Waals surface area contributed by atoms with E-state index in [4.69, 9.17) is 0 Å². The maximum atomic E-state index is 13.7. The van der Waals surface area contributed by atoms with Gasteiger partial charge in [-0.15, -0.1) is 0 Å². The van der Waals surface area contributed by atoms with Crippen molar-refractivity contribution in [2.45, 2.75) is 112 Å². The number of ketones is 1. The van der Waals surface area contributed by atoms with E-state index >= 15 is 0 Å². The number of carbonyl (C=O) groups excluding carboxylic acids is 1. The predicted octanol–water partition coefficient (Wildman–Crippen LogP) is 6.41. The maximum Gasteiger partial charge on any atom is 0.310 e. The van der Waals surface area contributed by atoms with E-state index in [-0.39, 0.29) is 51.6 Å². The molecule has 0 bridgehead atoms. The fourth-order valence-electron chi connectivity index (χ4n) is 10.3. The first-order chi connectivity index (χ1) is 15.6. The van der Waals surface area contributed by atoms with Crippen LogP contribution in [0.4, 0.5) is 0 Å². The van der Waals surface area contributed by atoms with Crippen LogP contribution in [0.3, 0.4) is 0 Å². The minimum absolute atomic E-state index is 0.0391. The minimum Gasteiger partial charge on any atom is -0.481 e. The Morgan fingerprint density at radius 2 is 1.59 bits per heavy atom. The first kappa shape index (κ1) is 24.5. The zero-order chi connectivity index (χ0) is 25.1. The summed E-state index contributed by atoms with van der Waals surface area (Å²) in [5, 5.41) is 21.3. The highest BCUT2D eigenvalue weighted by Gasteiger charge is 2.71. The summed E-state index contributed by atoms with van der Waals surface area (Å²) in [6.07, 6.45) is 9.32. The quantitative estimate of drug-likeness (QED) is 0.434. The molecule has 2 N–H and O–H groups in total. The normalized spacial score (nSPS) is 51.3. The standard InChI is InChI=1S/C30H46O4/c1-25(2)12-14-30(24(33)34)15-13-27(5)18(19(30)17-25)8-9-21-28(27,6)11-10-20-26(3,4)22(31)16-23(32)29(20,21)7/h8,19-22,31H,9-17H2,1-7H3,(H,33,34)/t19-,20+,21-,22-,27+,28+,29-,30-/m0/s1. The lowest BCUT2D eigenvalue weighted by molar-refractivity contribution is -0.203. The third-order valence-electron chi connectivity index (χ3n) is 12.9. The van der Waals surface area contributed by atoms with Gasteiger partial charge in [0.25, 0.3) is 0 Å². The highest BCUT2D eigenvalue weighted by Crippen LogP contribution is 2.75. The van der Waals surface area contributed by atoms with Crippen LogP contribution in [-0.2, 0) is 9.59 Å². The van der Waals surface area contributed by atoms with Crippen molar-refractivity contribution >= 4 is 11.8 Å². The predicted molar refractivity (Wildman–Crippen MR) is 133 cm³/mol. The number of allylic oxidation sites excluding steroid dienone is 2. The largest absolute Gasteiger partial charge is 0.481 e. The van der Waals surface area contributed by atoms with Gasteiger partial charge < -0.3 is 10.2 Å². The van der Waals surface area contributed by atoms with Gasteiger partial charge >= 0.3 is 5.97 Å². The highest BCUT2D eigenvalue weighted by molar-refractivity contribution is 5.87. The highest BCUT2D eigenvalue weighted by atomic mass is 16.4. The second-order valence-electron chi connectivity index (χ2n) is 14.9. The van der Waals surface area contributed by atoms with E-state index in [0.29, 0.717) is 0 Å². The zero-order valence-electron chi connectivity index (χ0n) is 22.5. The average Bonchev–Trinajstić information content (AvgIpc) is 2.72. The van der Waals surface area contributed by atoms with E-state index in [1.165, 1.54) is 5.57 Å². The second-order valence-corrected chi connectivity index (χ2v) is 14.9. The lowest BCUT2D eigenvalue weighted by atomic mass is 9.33. The number of aliphatic carboxylic acids is 1. The summed E-state index contributed by atoms with van der Waals surface area (Å²) in [6.45, 7) is 16.0. The van der Waals surface area contributed by atoms with Crippen molar-refractivity contribution in [2.24, 2.45) is 50.2 Å². The van der Waals surface area contributed by atoms with E-state index in [1.807, 2.05) is 0 Å².